The minimum absolute atomic E-state index is 0.102. The third-order valence-corrected chi connectivity index (χ3v) is 5.28. The van der Waals surface area contributed by atoms with E-state index in [0.29, 0.717) is 11.0 Å². The molecule has 0 aliphatic rings. The lowest BCUT2D eigenvalue weighted by molar-refractivity contribution is 0.446. The fourth-order valence-electron chi connectivity index (χ4n) is 2.79. The van der Waals surface area contributed by atoms with Gasteiger partial charge in [-0.1, -0.05) is 62.3 Å². The van der Waals surface area contributed by atoms with Gasteiger partial charge in [-0.25, -0.2) is 4.98 Å². The van der Waals surface area contributed by atoms with Gasteiger partial charge in [0.2, 0.25) is 5.88 Å². The van der Waals surface area contributed by atoms with Crippen LogP contribution < -0.4 is 4.74 Å². The number of rotatable bonds is 5. The van der Waals surface area contributed by atoms with Crippen LogP contribution in [0.4, 0.5) is 0 Å². The van der Waals surface area contributed by atoms with Gasteiger partial charge in [0.25, 0.3) is 0 Å². The summed E-state index contributed by atoms with van der Waals surface area (Å²) < 4.78 is 6.10. The van der Waals surface area contributed by atoms with Crippen LogP contribution in [0.1, 0.15) is 43.2 Å². The molecule has 0 bridgehead atoms. The standard InChI is InChI=1S/C23H25ClN2OS/c1-15-9-16(2)11-19(10-15)27-21-13-20(23(3,4)5)25-22(26-21)28-14-17-7-6-8-18(24)12-17/h6-13H,14H2,1-5H3. The van der Waals surface area contributed by atoms with Crippen LogP contribution in [0.25, 0.3) is 0 Å². The molecular formula is C23H25ClN2OS. The Labute approximate surface area is 176 Å². The van der Waals surface area contributed by atoms with E-state index in [1.54, 1.807) is 11.8 Å². The lowest BCUT2D eigenvalue weighted by atomic mass is 9.92. The second-order valence-electron chi connectivity index (χ2n) is 7.97. The van der Waals surface area contributed by atoms with Gasteiger partial charge in [-0.3, -0.25) is 0 Å². The molecule has 1 aromatic heterocycles. The molecule has 3 rings (SSSR count). The van der Waals surface area contributed by atoms with Gasteiger partial charge in [0.15, 0.2) is 5.16 Å². The molecule has 0 saturated carbocycles. The summed E-state index contributed by atoms with van der Waals surface area (Å²) in [5.74, 6) is 2.11. The van der Waals surface area contributed by atoms with Crippen molar-refractivity contribution in [1.82, 2.24) is 9.97 Å². The van der Waals surface area contributed by atoms with Crippen molar-refractivity contribution in [2.24, 2.45) is 0 Å². The Morgan fingerprint density at radius 2 is 1.68 bits per heavy atom. The molecule has 0 spiro atoms. The number of halogens is 1. The number of aryl methyl sites for hydroxylation is 2. The van der Waals surface area contributed by atoms with Crippen LogP contribution in [-0.2, 0) is 11.2 Å². The molecule has 3 nitrogen and oxygen atoms in total. The van der Waals surface area contributed by atoms with E-state index in [2.05, 4.69) is 51.7 Å². The van der Waals surface area contributed by atoms with Gasteiger partial charge >= 0.3 is 0 Å². The zero-order valence-electron chi connectivity index (χ0n) is 16.9. The van der Waals surface area contributed by atoms with Crippen molar-refractivity contribution in [2.45, 2.75) is 50.9 Å². The molecule has 0 atom stereocenters. The highest BCUT2D eigenvalue weighted by atomic mass is 35.5. The number of ether oxygens (including phenoxy) is 1. The van der Waals surface area contributed by atoms with E-state index in [4.69, 9.17) is 21.3 Å². The first-order valence-electron chi connectivity index (χ1n) is 9.22. The number of hydrogen-bond acceptors (Lipinski definition) is 4. The molecule has 2 aromatic carbocycles. The normalized spacial score (nSPS) is 11.5. The molecule has 0 aliphatic carbocycles. The fraction of sp³-hybridized carbons (Fsp3) is 0.304. The van der Waals surface area contributed by atoms with E-state index in [1.807, 2.05) is 36.4 Å². The highest BCUT2D eigenvalue weighted by molar-refractivity contribution is 7.98. The van der Waals surface area contributed by atoms with Crippen LogP contribution in [0.15, 0.2) is 53.7 Å². The van der Waals surface area contributed by atoms with E-state index in [0.717, 1.165) is 38.9 Å². The van der Waals surface area contributed by atoms with Crippen molar-refractivity contribution in [2.75, 3.05) is 0 Å². The highest BCUT2D eigenvalue weighted by Gasteiger charge is 2.19. The summed E-state index contributed by atoms with van der Waals surface area (Å²) in [6.07, 6.45) is 0. The summed E-state index contributed by atoms with van der Waals surface area (Å²) in [6, 6.07) is 16.0. The fourth-order valence-corrected chi connectivity index (χ4v) is 3.80. The quantitative estimate of drug-likeness (QED) is 0.329. The van der Waals surface area contributed by atoms with Crippen LogP contribution >= 0.6 is 23.4 Å². The molecule has 1 heterocycles. The Morgan fingerprint density at radius 1 is 0.964 bits per heavy atom. The van der Waals surface area contributed by atoms with Crippen LogP contribution in [-0.4, -0.2) is 9.97 Å². The minimum Gasteiger partial charge on any atom is -0.439 e. The highest BCUT2D eigenvalue weighted by Crippen LogP contribution is 2.30. The van der Waals surface area contributed by atoms with Gasteiger partial charge in [-0.05, 0) is 54.8 Å². The molecule has 28 heavy (non-hydrogen) atoms. The third kappa shape index (κ3) is 5.73. The number of benzene rings is 2. The van der Waals surface area contributed by atoms with Crippen molar-refractivity contribution in [1.29, 1.82) is 0 Å². The van der Waals surface area contributed by atoms with Crippen molar-refractivity contribution in [3.63, 3.8) is 0 Å². The zero-order chi connectivity index (χ0) is 20.3. The smallest absolute Gasteiger partial charge is 0.223 e. The molecule has 5 heteroatoms. The Hall–Kier alpha value is -2.04. The summed E-state index contributed by atoms with van der Waals surface area (Å²) in [5, 5.41) is 1.44. The topological polar surface area (TPSA) is 35.0 Å². The second kappa shape index (κ2) is 8.54. The summed E-state index contributed by atoms with van der Waals surface area (Å²) in [4.78, 5) is 9.39. The first-order valence-corrected chi connectivity index (χ1v) is 10.6. The number of thioether (sulfide) groups is 1. The van der Waals surface area contributed by atoms with Crippen molar-refractivity contribution in [3.8, 4) is 11.6 Å². The predicted octanol–water partition coefficient (Wildman–Crippen LogP) is 7.13. The van der Waals surface area contributed by atoms with E-state index in [-0.39, 0.29) is 5.41 Å². The maximum atomic E-state index is 6.10. The third-order valence-electron chi connectivity index (χ3n) is 4.13. The van der Waals surface area contributed by atoms with E-state index in [9.17, 15) is 0 Å². The number of aromatic nitrogens is 2. The maximum Gasteiger partial charge on any atom is 0.223 e. The molecular weight excluding hydrogens is 388 g/mol. The first kappa shape index (κ1) is 20.7. The molecule has 3 aromatic rings. The van der Waals surface area contributed by atoms with Gasteiger partial charge in [0.05, 0.1) is 5.69 Å². The Morgan fingerprint density at radius 3 is 2.32 bits per heavy atom. The average Bonchev–Trinajstić information content (AvgIpc) is 2.58. The summed E-state index contributed by atoms with van der Waals surface area (Å²) in [7, 11) is 0. The summed E-state index contributed by atoms with van der Waals surface area (Å²) in [5.41, 5.74) is 4.32. The maximum absolute atomic E-state index is 6.10. The van der Waals surface area contributed by atoms with Gasteiger partial charge in [-0.15, -0.1) is 0 Å². The summed E-state index contributed by atoms with van der Waals surface area (Å²) >= 11 is 7.67. The zero-order valence-corrected chi connectivity index (χ0v) is 18.5. The van der Waals surface area contributed by atoms with Gasteiger partial charge in [0, 0.05) is 22.3 Å². The molecule has 0 amide bonds. The average molecular weight is 413 g/mol. The number of hydrogen-bond donors (Lipinski definition) is 0. The Bertz CT molecular complexity index is 962. The number of nitrogens with zero attached hydrogens (tertiary/aromatic N) is 2. The molecule has 0 fully saturated rings. The van der Waals surface area contributed by atoms with Crippen molar-refractivity contribution in [3.05, 3.63) is 75.9 Å². The summed E-state index contributed by atoms with van der Waals surface area (Å²) in [6.45, 7) is 10.5. The molecule has 146 valence electrons. The molecule has 0 saturated heterocycles. The van der Waals surface area contributed by atoms with Gasteiger partial charge < -0.3 is 4.74 Å². The van der Waals surface area contributed by atoms with Gasteiger partial charge in [-0.2, -0.15) is 4.98 Å². The van der Waals surface area contributed by atoms with Gasteiger partial charge in [0.1, 0.15) is 5.75 Å². The van der Waals surface area contributed by atoms with Crippen molar-refractivity contribution >= 4 is 23.4 Å². The molecule has 0 N–H and O–H groups in total. The Balaban J connectivity index is 1.88. The molecule has 0 radical (unpaired) electrons. The van der Waals surface area contributed by atoms with Crippen LogP contribution in [0.5, 0.6) is 11.6 Å². The van der Waals surface area contributed by atoms with Crippen molar-refractivity contribution < 1.29 is 4.74 Å². The van der Waals surface area contributed by atoms with E-state index >= 15 is 0 Å². The van der Waals surface area contributed by atoms with E-state index < -0.39 is 0 Å². The predicted molar refractivity (Wildman–Crippen MR) is 118 cm³/mol. The van der Waals surface area contributed by atoms with Crippen LogP contribution in [0.3, 0.4) is 0 Å². The Kier molecular flexibility index (Phi) is 6.31. The lowest BCUT2D eigenvalue weighted by Crippen LogP contribution is -2.14. The molecule has 0 unspecified atom stereocenters. The second-order valence-corrected chi connectivity index (χ2v) is 9.35. The largest absolute Gasteiger partial charge is 0.439 e. The first-order chi connectivity index (χ1) is 13.2. The van der Waals surface area contributed by atoms with Crippen LogP contribution in [0, 0.1) is 13.8 Å². The molecule has 0 aliphatic heterocycles. The van der Waals surface area contributed by atoms with Crippen LogP contribution in [0.2, 0.25) is 5.02 Å². The van der Waals surface area contributed by atoms with E-state index in [1.165, 1.54) is 0 Å². The SMILES string of the molecule is Cc1cc(C)cc(Oc2cc(C(C)(C)C)nc(SCc3cccc(Cl)c3)n2)c1. The minimum atomic E-state index is -0.102. The lowest BCUT2D eigenvalue weighted by Gasteiger charge is -2.19. The monoisotopic (exact) mass is 412 g/mol.